The zero-order valence-electron chi connectivity index (χ0n) is 15.5. The summed E-state index contributed by atoms with van der Waals surface area (Å²) in [5.41, 5.74) is 2.83. The van der Waals surface area contributed by atoms with Crippen LogP contribution in [0.25, 0.3) is 0 Å². The number of carbonyl (C=O) groups is 3. The maximum Gasteiger partial charge on any atom is 0.253 e. The van der Waals surface area contributed by atoms with Crippen LogP contribution >= 0.6 is 0 Å². The second-order valence-electron chi connectivity index (χ2n) is 7.51. The summed E-state index contributed by atoms with van der Waals surface area (Å²) >= 11 is 0. The molecular weight excluding hydrogens is 330 g/mol. The fraction of sp³-hybridized carbons (Fsp3) is 0.550. The molecule has 3 rings (SSSR count). The van der Waals surface area contributed by atoms with Gasteiger partial charge in [0.05, 0.1) is 5.92 Å². The number of amides is 3. The average Bonchev–Trinajstić information content (AvgIpc) is 2.62. The molecule has 2 heterocycles. The molecule has 0 aliphatic carbocycles. The van der Waals surface area contributed by atoms with Crippen LogP contribution in [0, 0.1) is 19.8 Å². The average molecular weight is 357 g/mol. The van der Waals surface area contributed by atoms with Crippen molar-refractivity contribution in [2.45, 2.75) is 45.6 Å². The molecule has 0 radical (unpaired) electrons. The Kier molecular flexibility index (Phi) is 5.59. The molecule has 6 heteroatoms. The number of likely N-dealkylation sites (tertiary alicyclic amines) is 1. The van der Waals surface area contributed by atoms with E-state index in [0.29, 0.717) is 38.0 Å². The SMILES string of the molecule is Cc1cc(C)cc(C(=O)N2CCCC(C(=O)NC3CCC(=O)NC3)C2)c1. The normalized spacial score (nSPS) is 23.3. The summed E-state index contributed by atoms with van der Waals surface area (Å²) < 4.78 is 0. The maximum atomic E-state index is 12.8. The molecule has 0 spiro atoms. The number of rotatable bonds is 3. The fourth-order valence-electron chi connectivity index (χ4n) is 3.83. The first-order valence-electron chi connectivity index (χ1n) is 9.37. The third-order valence-corrected chi connectivity index (χ3v) is 5.16. The number of piperidine rings is 2. The quantitative estimate of drug-likeness (QED) is 0.861. The minimum Gasteiger partial charge on any atom is -0.354 e. The molecule has 1 aromatic carbocycles. The molecule has 0 saturated carbocycles. The Morgan fingerprint density at radius 2 is 1.88 bits per heavy atom. The van der Waals surface area contributed by atoms with E-state index >= 15 is 0 Å². The zero-order valence-corrected chi connectivity index (χ0v) is 15.5. The Bertz CT molecular complexity index is 686. The van der Waals surface area contributed by atoms with Crippen LogP contribution in [-0.2, 0) is 9.59 Å². The lowest BCUT2D eigenvalue weighted by Gasteiger charge is -2.33. The van der Waals surface area contributed by atoms with E-state index in [1.807, 2.05) is 32.0 Å². The van der Waals surface area contributed by atoms with Crippen LogP contribution < -0.4 is 10.6 Å². The van der Waals surface area contributed by atoms with E-state index in [1.54, 1.807) is 4.90 Å². The number of nitrogens with one attached hydrogen (secondary N) is 2. The van der Waals surface area contributed by atoms with Crippen molar-refractivity contribution in [3.8, 4) is 0 Å². The van der Waals surface area contributed by atoms with Crippen molar-refractivity contribution >= 4 is 17.7 Å². The maximum absolute atomic E-state index is 12.8. The Morgan fingerprint density at radius 1 is 1.15 bits per heavy atom. The van der Waals surface area contributed by atoms with Crippen molar-refractivity contribution in [3.05, 3.63) is 34.9 Å². The zero-order chi connectivity index (χ0) is 18.7. The predicted molar refractivity (Wildman–Crippen MR) is 98.7 cm³/mol. The summed E-state index contributed by atoms with van der Waals surface area (Å²) in [4.78, 5) is 38.5. The highest BCUT2D eigenvalue weighted by Crippen LogP contribution is 2.20. The molecule has 140 valence electrons. The summed E-state index contributed by atoms with van der Waals surface area (Å²) in [6.07, 6.45) is 2.75. The van der Waals surface area contributed by atoms with Crippen LogP contribution in [0.5, 0.6) is 0 Å². The van der Waals surface area contributed by atoms with Crippen LogP contribution in [0.4, 0.5) is 0 Å². The van der Waals surface area contributed by atoms with Gasteiger partial charge in [-0.1, -0.05) is 17.2 Å². The minimum atomic E-state index is -0.184. The van der Waals surface area contributed by atoms with Gasteiger partial charge < -0.3 is 15.5 Å². The Balaban J connectivity index is 1.60. The van der Waals surface area contributed by atoms with Gasteiger partial charge in [0.15, 0.2) is 0 Å². The van der Waals surface area contributed by atoms with Gasteiger partial charge in [-0.3, -0.25) is 14.4 Å². The summed E-state index contributed by atoms with van der Waals surface area (Å²) in [5.74, 6) is -0.155. The van der Waals surface area contributed by atoms with Crippen LogP contribution in [0.2, 0.25) is 0 Å². The lowest BCUT2D eigenvalue weighted by molar-refractivity contribution is -0.129. The van der Waals surface area contributed by atoms with Gasteiger partial charge in [-0.25, -0.2) is 0 Å². The van der Waals surface area contributed by atoms with Gasteiger partial charge in [0, 0.05) is 37.7 Å². The largest absolute Gasteiger partial charge is 0.354 e. The van der Waals surface area contributed by atoms with Gasteiger partial charge in [-0.15, -0.1) is 0 Å². The summed E-state index contributed by atoms with van der Waals surface area (Å²) in [5, 5.41) is 5.82. The Labute approximate surface area is 154 Å². The molecule has 2 unspecified atom stereocenters. The van der Waals surface area contributed by atoms with Crippen LogP contribution in [0.3, 0.4) is 0 Å². The molecule has 1 aromatic rings. The Hall–Kier alpha value is -2.37. The van der Waals surface area contributed by atoms with Crippen molar-refractivity contribution in [1.29, 1.82) is 0 Å². The van der Waals surface area contributed by atoms with Crippen molar-refractivity contribution in [2.24, 2.45) is 5.92 Å². The predicted octanol–water partition coefficient (Wildman–Crippen LogP) is 1.55. The summed E-state index contributed by atoms with van der Waals surface area (Å²) in [6, 6.07) is 5.85. The first-order valence-corrected chi connectivity index (χ1v) is 9.37. The van der Waals surface area contributed by atoms with E-state index in [0.717, 1.165) is 24.0 Å². The molecule has 2 N–H and O–H groups in total. The third-order valence-electron chi connectivity index (χ3n) is 5.16. The lowest BCUT2D eigenvalue weighted by Crippen LogP contribution is -2.52. The first kappa shape index (κ1) is 18.4. The molecule has 3 amide bonds. The van der Waals surface area contributed by atoms with E-state index < -0.39 is 0 Å². The van der Waals surface area contributed by atoms with E-state index in [1.165, 1.54) is 0 Å². The van der Waals surface area contributed by atoms with Gasteiger partial charge in [0.25, 0.3) is 5.91 Å². The van der Waals surface area contributed by atoms with Gasteiger partial charge in [0.2, 0.25) is 11.8 Å². The highest BCUT2D eigenvalue weighted by Gasteiger charge is 2.30. The molecule has 2 saturated heterocycles. The third kappa shape index (κ3) is 4.42. The second-order valence-corrected chi connectivity index (χ2v) is 7.51. The van der Waals surface area contributed by atoms with Crippen LogP contribution in [-0.4, -0.2) is 48.3 Å². The van der Waals surface area contributed by atoms with Gasteiger partial charge in [0.1, 0.15) is 0 Å². The van der Waals surface area contributed by atoms with Crippen LogP contribution in [0.15, 0.2) is 18.2 Å². The number of nitrogens with zero attached hydrogens (tertiary/aromatic N) is 1. The fourth-order valence-corrected chi connectivity index (χ4v) is 3.83. The second kappa shape index (κ2) is 7.89. The smallest absolute Gasteiger partial charge is 0.253 e. The van der Waals surface area contributed by atoms with E-state index in [-0.39, 0.29) is 29.7 Å². The van der Waals surface area contributed by atoms with Crippen molar-refractivity contribution in [1.82, 2.24) is 15.5 Å². The number of aryl methyl sites for hydroxylation is 2. The summed E-state index contributed by atoms with van der Waals surface area (Å²) in [7, 11) is 0. The minimum absolute atomic E-state index is 0.000713. The monoisotopic (exact) mass is 357 g/mol. The van der Waals surface area contributed by atoms with Gasteiger partial charge in [-0.2, -0.15) is 0 Å². The highest BCUT2D eigenvalue weighted by atomic mass is 16.2. The number of hydrogen-bond acceptors (Lipinski definition) is 3. The molecule has 26 heavy (non-hydrogen) atoms. The number of benzene rings is 1. The number of carbonyl (C=O) groups excluding carboxylic acids is 3. The number of hydrogen-bond donors (Lipinski definition) is 2. The van der Waals surface area contributed by atoms with Gasteiger partial charge >= 0.3 is 0 Å². The van der Waals surface area contributed by atoms with Crippen LogP contribution in [0.1, 0.15) is 47.2 Å². The van der Waals surface area contributed by atoms with Crippen molar-refractivity contribution in [2.75, 3.05) is 19.6 Å². The molecule has 0 bridgehead atoms. The van der Waals surface area contributed by atoms with E-state index in [4.69, 9.17) is 0 Å². The Morgan fingerprint density at radius 3 is 2.54 bits per heavy atom. The van der Waals surface area contributed by atoms with E-state index in [2.05, 4.69) is 10.6 Å². The van der Waals surface area contributed by atoms with Crippen molar-refractivity contribution < 1.29 is 14.4 Å². The molecule has 6 nitrogen and oxygen atoms in total. The molecule has 2 fully saturated rings. The summed E-state index contributed by atoms with van der Waals surface area (Å²) in [6.45, 7) is 5.60. The molecule has 0 aromatic heterocycles. The first-order chi connectivity index (χ1) is 12.4. The molecule has 2 aliphatic rings. The highest BCUT2D eigenvalue weighted by molar-refractivity contribution is 5.95. The lowest BCUT2D eigenvalue weighted by atomic mass is 9.95. The molecule has 2 aliphatic heterocycles. The molecular formula is C20H27N3O3. The van der Waals surface area contributed by atoms with E-state index in [9.17, 15) is 14.4 Å². The van der Waals surface area contributed by atoms with Gasteiger partial charge in [-0.05, 0) is 45.2 Å². The topological polar surface area (TPSA) is 78.5 Å². The molecule has 2 atom stereocenters. The van der Waals surface area contributed by atoms with Crippen molar-refractivity contribution in [3.63, 3.8) is 0 Å². The standard InChI is InChI=1S/C20H27N3O3/c1-13-8-14(2)10-16(9-13)20(26)23-7-3-4-15(12-23)19(25)22-17-5-6-18(24)21-11-17/h8-10,15,17H,3-7,11-12H2,1-2H3,(H,21,24)(H,22,25).